The van der Waals surface area contributed by atoms with E-state index >= 15 is 0 Å². The van der Waals surface area contributed by atoms with Crippen LogP contribution in [-0.4, -0.2) is 0 Å². The van der Waals surface area contributed by atoms with Gasteiger partial charge in [-0.15, -0.1) is 11.3 Å². The van der Waals surface area contributed by atoms with E-state index < -0.39 is 0 Å². The molecule has 1 heteroatoms. The van der Waals surface area contributed by atoms with Crippen molar-refractivity contribution in [3.63, 3.8) is 0 Å². The molecule has 0 radical (unpaired) electrons. The Morgan fingerprint density at radius 1 is 0.875 bits per heavy atom. The number of rotatable bonds is 1. The van der Waals surface area contributed by atoms with Gasteiger partial charge in [0, 0.05) is 9.58 Å². The van der Waals surface area contributed by atoms with Gasteiger partial charge in [-0.3, -0.25) is 0 Å². The van der Waals surface area contributed by atoms with Crippen molar-refractivity contribution in [2.75, 3.05) is 0 Å². The van der Waals surface area contributed by atoms with Gasteiger partial charge in [0.15, 0.2) is 0 Å². The molecule has 78 valence electrons. The molecular formula is C15H12S. The Kier molecular flexibility index (Phi) is 2.26. The second-order valence-corrected chi connectivity index (χ2v) is 5.05. The maximum absolute atomic E-state index is 2.28. The Bertz CT molecular complexity index is 601. The lowest BCUT2D eigenvalue weighted by molar-refractivity contribution is 1.48. The first-order valence-corrected chi connectivity index (χ1v) is 6.21. The third-order valence-corrected chi connectivity index (χ3v) is 3.99. The first kappa shape index (κ1) is 9.61. The Labute approximate surface area is 99.2 Å². The molecule has 1 heterocycles. The zero-order valence-electron chi connectivity index (χ0n) is 9.10. The van der Waals surface area contributed by atoms with E-state index in [9.17, 15) is 0 Å². The van der Waals surface area contributed by atoms with Crippen LogP contribution in [0.25, 0.3) is 20.5 Å². The highest BCUT2D eigenvalue weighted by Gasteiger charge is 2.05. The summed E-state index contributed by atoms with van der Waals surface area (Å²) in [6.07, 6.45) is 0. The fourth-order valence-corrected chi connectivity index (χ4v) is 3.12. The van der Waals surface area contributed by atoms with Gasteiger partial charge < -0.3 is 0 Å². The lowest BCUT2D eigenvalue weighted by atomic mass is 10.1. The molecule has 0 fully saturated rings. The van der Waals surface area contributed by atoms with Crippen LogP contribution in [0.5, 0.6) is 0 Å². The van der Waals surface area contributed by atoms with Crippen LogP contribution in [0.3, 0.4) is 0 Å². The van der Waals surface area contributed by atoms with Crippen molar-refractivity contribution in [1.82, 2.24) is 0 Å². The van der Waals surface area contributed by atoms with Gasteiger partial charge in [-0.2, -0.15) is 0 Å². The first-order chi connectivity index (χ1) is 7.84. The normalized spacial score (nSPS) is 10.8. The minimum Gasteiger partial charge on any atom is -0.135 e. The SMILES string of the molecule is Cc1ccccc1-c1cc2ccccc2s1. The molecule has 0 spiro atoms. The van der Waals surface area contributed by atoms with Gasteiger partial charge in [0.2, 0.25) is 0 Å². The zero-order chi connectivity index (χ0) is 11.0. The summed E-state index contributed by atoms with van der Waals surface area (Å²) in [7, 11) is 0. The largest absolute Gasteiger partial charge is 0.135 e. The molecule has 2 aromatic carbocycles. The van der Waals surface area contributed by atoms with Gasteiger partial charge in [-0.25, -0.2) is 0 Å². The maximum Gasteiger partial charge on any atom is 0.0357 e. The van der Waals surface area contributed by atoms with Crippen LogP contribution in [0.2, 0.25) is 0 Å². The van der Waals surface area contributed by atoms with Crippen molar-refractivity contribution in [2.24, 2.45) is 0 Å². The second-order valence-electron chi connectivity index (χ2n) is 3.96. The van der Waals surface area contributed by atoms with Gasteiger partial charge in [0.1, 0.15) is 0 Å². The van der Waals surface area contributed by atoms with E-state index in [0.29, 0.717) is 0 Å². The average molecular weight is 224 g/mol. The summed E-state index contributed by atoms with van der Waals surface area (Å²) in [5.74, 6) is 0. The standard InChI is InChI=1S/C15H12S/c1-11-6-2-4-8-13(11)15-10-12-7-3-5-9-14(12)16-15/h2-10H,1H3. The van der Waals surface area contributed by atoms with Gasteiger partial charge in [0.05, 0.1) is 0 Å². The summed E-state index contributed by atoms with van der Waals surface area (Å²) in [6, 6.07) is 19.4. The molecule has 0 atom stereocenters. The molecule has 0 unspecified atom stereocenters. The fraction of sp³-hybridized carbons (Fsp3) is 0.0667. The van der Waals surface area contributed by atoms with Crippen LogP contribution >= 0.6 is 11.3 Å². The Morgan fingerprint density at radius 3 is 2.44 bits per heavy atom. The van der Waals surface area contributed by atoms with E-state index in [1.165, 1.54) is 26.1 Å². The van der Waals surface area contributed by atoms with Crippen molar-refractivity contribution < 1.29 is 0 Å². The molecule has 0 saturated heterocycles. The summed E-state index contributed by atoms with van der Waals surface area (Å²) in [4.78, 5) is 1.36. The molecule has 0 N–H and O–H groups in total. The lowest BCUT2D eigenvalue weighted by Gasteiger charge is -2.00. The summed E-state index contributed by atoms with van der Waals surface area (Å²) in [5.41, 5.74) is 2.69. The minimum absolute atomic E-state index is 1.34. The summed E-state index contributed by atoms with van der Waals surface area (Å²) < 4.78 is 1.36. The Hall–Kier alpha value is -1.60. The van der Waals surface area contributed by atoms with Crippen molar-refractivity contribution in [3.05, 3.63) is 60.2 Å². The number of aryl methyl sites for hydroxylation is 1. The van der Waals surface area contributed by atoms with E-state index in [2.05, 4.69) is 61.5 Å². The number of thiophene rings is 1. The summed E-state index contributed by atoms with van der Waals surface area (Å²) in [6.45, 7) is 2.17. The number of fused-ring (bicyclic) bond motifs is 1. The van der Waals surface area contributed by atoms with E-state index in [-0.39, 0.29) is 0 Å². The third-order valence-electron chi connectivity index (χ3n) is 2.84. The van der Waals surface area contributed by atoms with Crippen molar-refractivity contribution in [1.29, 1.82) is 0 Å². The van der Waals surface area contributed by atoms with E-state index in [4.69, 9.17) is 0 Å². The van der Waals surface area contributed by atoms with Crippen LogP contribution in [0.15, 0.2) is 54.6 Å². The Balaban J connectivity index is 2.23. The van der Waals surface area contributed by atoms with Crippen LogP contribution in [0.4, 0.5) is 0 Å². The molecule has 0 nitrogen and oxygen atoms in total. The molecule has 0 aliphatic rings. The molecule has 0 amide bonds. The van der Waals surface area contributed by atoms with E-state index in [1.54, 1.807) is 0 Å². The highest BCUT2D eigenvalue weighted by atomic mass is 32.1. The number of hydrogen-bond acceptors (Lipinski definition) is 1. The number of benzene rings is 2. The number of hydrogen-bond donors (Lipinski definition) is 0. The first-order valence-electron chi connectivity index (χ1n) is 5.39. The maximum atomic E-state index is 2.28. The fourth-order valence-electron chi connectivity index (χ4n) is 1.96. The van der Waals surface area contributed by atoms with Gasteiger partial charge >= 0.3 is 0 Å². The zero-order valence-corrected chi connectivity index (χ0v) is 9.92. The average Bonchev–Trinajstić information content (AvgIpc) is 2.73. The molecule has 0 aliphatic heterocycles. The molecule has 3 rings (SSSR count). The van der Waals surface area contributed by atoms with Crippen LogP contribution in [0.1, 0.15) is 5.56 Å². The predicted octanol–water partition coefficient (Wildman–Crippen LogP) is 4.88. The minimum atomic E-state index is 1.34. The molecule has 16 heavy (non-hydrogen) atoms. The molecule has 0 bridgehead atoms. The highest BCUT2D eigenvalue weighted by molar-refractivity contribution is 7.22. The van der Waals surface area contributed by atoms with Crippen molar-refractivity contribution >= 4 is 21.4 Å². The predicted molar refractivity (Wildman–Crippen MR) is 72.0 cm³/mol. The molecule has 3 aromatic rings. The van der Waals surface area contributed by atoms with Crippen molar-refractivity contribution in [3.8, 4) is 10.4 Å². The van der Waals surface area contributed by atoms with Gasteiger partial charge in [-0.05, 0) is 35.6 Å². The summed E-state index contributed by atoms with van der Waals surface area (Å²) >= 11 is 1.86. The van der Waals surface area contributed by atoms with E-state index in [1.807, 2.05) is 11.3 Å². The summed E-state index contributed by atoms with van der Waals surface area (Å²) in [5, 5.41) is 1.34. The van der Waals surface area contributed by atoms with Gasteiger partial charge in [-0.1, -0.05) is 42.5 Å². The van der Waals surface area contributed by atoms with Crippen LogP contribution in [-0.2, 0) is 0 Å². The quantitative estimate of drug-likeness (QED) is 0.553. The molecule has 0 saturated carbocycles. The lowest BCUT2D eigenvalue weighted by Crippen LogP contribution is -1.77. The third kappa shape index (κ3) is 1.54. The van der Waals surface area contributed by atoms with Crippen LogP contribution < -0.4 is 0 Å². The molecule has 0 aliphatic carbocycles. The molecular weight excluding hydrogens is 212 g/mol. The highest BCUT2D eigenvalue weighted by Crippen LogP contribution is 2.34. The van der Waals surface area contributed by atoms with Crippen LogP contribution in [0, 0.1) is 6.92 Å². The second kappa shape index (κ2) is 3.76. The van der Waals surface area contributed by atoms with E-state index in [0.717, 1.165) is 0 Å². The topological polar surface area (TPSA) is 0 Å². The van der Waals surface area contributed by atoms with Crippen molar-refractivity contribution in [2.45, 2.75) is 6.92 Å². The molecule has 1 aromatic heterocycles. The Morgan fingerprint density at radius 2 is 1.62 bits per heavy atom. The smallest absolute Gasteiger partial charge is 0.0357 e. The monoisotopic (exact) mass is 224 g/mol. The van der Waals surface area contributed by atoms with Gasteiger partial charge in [0.25, 0.3) is 0 Å².